The number of oxazole rings is 1. The molecule has 0 bridgehead atoms. The molecule has 25 heavy (non-hydrogen) atoms. The van der Waals surface area contributed by atoms with Gasteiger partial charge in [0.15, 0.2) is 0 Å². The lowest BCUT2D eigenvalue weighted by Crippen LogP contribution is -2.31. The maximum atomic E-state index is 11.7. The highest BCUT2D eigenvalue weighted by atomic mass is 16.5. The number of pyridine rings is 1. The molecule has 3 rings (SSSR count). The second-order valence-corrected chi connectivity index (χ2v) is 6.08. The predicted octanol–water partition coefficient (Wildman–Crippen LogP) is 2.13. The van der Waals surface area contributed by atoms with Gasteiger partial charge in [0.05, 0.1) is 25.4 Å². The third-order valence-electron chi connectivity index (χ3n) is 4.39. The number of carbonyl (C=O) groups is 1. The van der Waals surface area contributed by atoms with E-state index in [-0.39, 0.29) is 5.97 Å². The molecule has 1 fully saturated rings. The molecule has 2 aromatic rings. The van der Waals surface area contributed by atoms with Gasteiger partial charge in [0.2, 0.25) is 5.89 Å². The molecule has 1 aliphatic heterocycles. The summed E-state index contributed by atoms with van der Waals surface area (Å²) < 4.78 is 10.5. The maximum absolute atomic E-state index is 11.7. The number of carbonyl (C=O) groups excluding carboxylic acids is 1. The number of esters is 1. The van der Waals surface area contributed by atoms with Crippen molar-refractivity contribution in [3.05, 3.63) is 41.7 Å². The molecule has 0 saturated carbocycles. The first-order chi connectivity index (χ1) is 12.2. The fraction of sp³-hybridized carbons (Fsp3) is 0.500. The fourth-order valence-corrected chi connectivity index (χ4v) is 2.97. The van der Waals surface area contributed by atoms with Crippen LogP contribution in [0.4, 0.5) is 5.82 Å². The standard InChI is InChI=1S/C18H24N4O3/c1-3-15-12-20-17(25-15)13-21-7-4-8-22(10-9-21)16-11-14(5-6-19-16)18(23)24-2/h5-6,11-12H,3-4,7-10,13H2,1-2H3. The number of anilines is 1. The number of hydrogen-bond acceptors (Lipinski definition) is 7. The number of rotatable bonds is 5. The van der Waals surface area contributed by atoms with Gasteiger partial charge < -0.3 is 14.1 Å². The lowest BCUT2D eigenvalue weighted by Gasteiger charge is -2.22. The molecule has 1 saturated heterocycles. The van der Waals surface area contributed by atoms with Crippen molar-refractivity contribution in [3.63, 3.8) is 0 Å². The van der Waals surface area contributed by atoms with Crippen molar-refractivity contribution in [2.45, 2.75) is 26.3 Å². The SMILES string of the molecule is CCc1cnc(CN2CCCN(c3cc(C(=O)OC)ccn3)CC2)o1. The molecule has 0 atom stereocenters. The molecular weight excluding hydrogens is 320 g/mol. The van der Waals surface area contributed by atoms with E-state index in [0.717, 1.165) is 63.0 Å². The third-order valence-corrected chi connectivity index (χ3v) is 4.39. The van der Waals surface area contributed by atoms with Crippen LogP contribution in [0.3, 0.4) is 0 Å². The molecule has 0 unspecified atom stereocenters. The Morgan fingerprint density at radius 1 is 1.28 bits per heavy atom. The van der Waals surface area contributed by atoms with Crippen molar-refractivity contribution in [1.82, 2.24) is 14.9 Å². The second-order valence-electron chi connectivity index (χ2n) is 6.08. The van der Waals surface area contributed by atoms with Gasteiger partial charge in [0.1, 0.15) is 11.6 Å². The van der Waals surface area contributed by atoms with Gasteiger partial charge in [-0.2, -0.15) is 0 Å². The molecule has 0 aliphatic carbocycles. The normalized spacial score (nSPS) is 15.8. The third kappa shape index (κ3) is 4.36. The summed E-state index contributed by atoms with van der Waals surface area (Å²) in [7, 11) is 1.39. The van der Waals surface area contributed by atoms with Crippen LogP contribution in [-0.4, -0.2) is 54.1 Å². The van der Waals surface area contributed by atoms with E-state index in [9.17, 15) is 4.79 Å². The van der Waals surface area contributed by atoms with Crippen LogP contribution in [0.15, 0.2) is 28.9 Å². The largest absolute Gasteiger partial charge is 0.465 e. The Morgan fingerprint density at radius 2 is 2.16 bits per heavy atom. The van der Waals surface area contributed by atoms with E-state index < -0.39 is 0 Å². The van der Waals surface area contributed by atoms with E-state index in [2.05, 4.69) is 26.7 Å². The highest BCUT2D eigenvalue weighted by molar-refractivity contribution is 5.90. The number of ether oxygens (including phenoxy) is 1. The average Bonchev–Trinajstić information content (AvgIpc) is 2.98. The van der Waals surface area contributed by atoms with E-state index in [1.807, 2.05) is 6.20 Å². The van der Waals surface area contributed by atoms with Crippen molar-refractivity contribution in [2.75, 3.05) is 38.2 Å². The van der Waals surface area contributed by atoms with Gasteiger partial charge in [-0.15, -0.1) is 0 Å². The number of hydrogen-bond donors (Lipinski definition) is 0. The van der Waals surface area contributed by atoms with Crippen molar-refractivity contribution < 1.29 is 13.9 Å². The lowest BCUT2D eigenvalue weighted by molar-refractivity contribution is 0.0600. The van der Waals surface area contributed by atoms with Gasteiger partial charge in [0.25, 0.3) is 0 Å². The molecule has 2 aromatic heterocycles. The van der Waals surface area contributed by atoms with Crippen molar-refractivity contribution in [3.8, 4) is 0 Å². The second kappa shape index (κ2) is 8.11. The number of aromatic nitrogens is 2. The van der Waals surface area contributed by atoms with Crippen molar-refractivity contribution >= 4 is 11.8 Å². The molecule has 0 aromatic carbocycles. The molecule has 7 heteroatoms. The highest BCUT2D eigenvalue weighted by Gasteiger charge is 2.18. The van der Waals surface area contributed by atoms with Crippen LogP contribution in [-0.2, 0) is 17.7 Å². The Morgan fingerprint density at radius 3 is 2.92 bits per heavy atom. The van der Waals surface area contributed by atoms with Crippen LogP contribution >= 0.6 is 0 Å². The summed E-state index contributed by atoms with van der Waals surface area (Å²) in [5.41, 5.74) is 0.528. The van der Waals surface area contributed by atoms with Crippen molar-refractivity contribution in [2.24, 2.45) is 0 Å². The minimum atomic E-state index is -0.337. The number of nitrogens with zero attached hydrogens (tertiary/aromatic N) is 4. The summed E-state index contributed by atoms with van der Waals surface area (Å²) in [5.74, 6) is 2.18. The van der Waals surface area contributed by atoms with E-state index in [1.54, 1.807) is 18.3 Å². The molecule has 7 nitrogen and oxygen atoms in total. The first-order valence-electron chi connectivity index (χ1n) is 8.65. The average molecular weight is 344 g/mol. The van der Waals surface area contributed by atoms with Gasteiger partial charge >= 0.3 is 5.97 Å². The smallest absolute Gasteiger partial charge is 0.338 e. The van der Waals surface area contributed by atoms with Crippen LogP contribution < -0.4 is 4.90 Å². The van der Waals surface area contributed by atoms with Crippen LogP contribution in [0.1, 0.15) is 35.4 Å². The van der Waals surface area contributed by atoms with Crippen LogP contribution in [0.5, 0.6) is 0 Å². The van der Waals surface area contributed by atoms with Gasteiger partial charge in [-0.25, -0.2) is 14.8 Å². The molecule has 0 amide bonds. The molecule has 0 radical (unpaired) electrons. The van der Waals surface area contributed by atoms with Crippen LogP contribution in [0, 0.1) is 0 Å². The lowest BCUT2D eigenvalue weighted by atomic mass is 10.2. The Labute approximate surface area is 147 Å². The monoisotopic (exact) mass is 344 g/mol. The summed E-state index contributed by atoms with van der Waals surface area (Å²) >= 11 is 0. The van der Waals surface area contributed by atoms with Gasteiger partial charge in [0, 0.05) is 38.8 Å². The summed E-state index contributed by atoms with van der Waals surface area (Å²) in [5, 5.41) is 0. The number of aryl methyl sites for hydroxylation is 1. The maximum Gasteiger partial charge on any atom is 0.338 e. The fourth-order valence-electron chi connectivity index (χ4n) is 2.97. The minimum absolute atomic E-state index is 0.337. The van der Waals surface area contributed by atoms with E-state index in [0.29, 0.717) is 5.56 Å². The summed E-state index contributed by atoms with van der Waals surface area (Å²) in [6, 6.07) is 3.47. The Balaban J connectivity index is 1.62. The topological polar surface area (TPSA) is 71.7 Å². The Kier molecular flexibility index (Phi) is 5.65. The van der Waals surface area contributed by atoms with Crippen LogP contribution in [0.2, 0.25) is 0 Å². The first-order valence-corrected chi connectivity index (χ1v) is 8.65. The Hall–Kier alpha value is -2.41. The molecule has 134 valence electrons. The van der Waals surface area contributed by atoms with E-state index in [1.165, 1.54) is 7.11 Å². The van der Waals surface area contributed by atoms with E-state index >= 15 is 0 Å². The first kappa shape index (κ1) is 17.4. The molecule has 3 heterocycles. The van der Waals surface area contributed by atoms with Gasteiger partial charge in [-0.3, -0.25) is 4.90 Å². The predicted molar refractivity (Wildman–Crippen MR) is 93.6 cm³/mol. The van der Waals surface area contributed by atoms with Crippen LogP contribution in [0.25, 0.3) is 0 Å². The zero-order valence-corrected chi connectivity index (χ0v) is 14.8. The summed E-state index contributed by atoms with van der Waals surface area (Å²) in [6.45, 7) is 6.41. The van der Waals surface area contributed by atoms with Crippen molar-refractivity contribution in [1.29, 1.82) is 0 Å². The van der Waals surface area contributed by atoms with E-state index in [4.69, 9.17) is 9.15 Å². The summed E-state index contributed by atoms with van der Waals surface area (Å²) in [4.78, 5) is 25.0. The Bertz CT molecular complexity index is 716. The zero-order chi connectivity index (χ0) is 17.6. The highest BCUT2D eigenvalue weighted by Crippen LogP contribution is 2.17. The van der Waals surface area contributed by atoms with Gasteiger partial charge in [-0.05, 0) is 18.6 Å². The summed E-state index contributed by atoms with van der Waals surface area (Å²) in [6.07, 6.45) is 5.35. The minimum Gasteiger partial charge on any atom is -0.465 e. The van der Waals surface area contributed by atoms with Gasteiger partial charge in [-0.1, -0.05) is 6.92 Å². The molecule has 0 spiro atoms. The zero-order valence-electron chi connectivity index (χ0n) is 14.8. The molecule has 1 aliphatic rings. The number of methoxy groups -OCH3 is 1. The molecule has 0 N–H and O–H groups in total. The quantitative estimate of drug-likeness (QED) is 0.769. The molecular formula is C18H24N4O3.